The van der Waals surface area contributed by atoms with Gasteiger partial charge in [-0.1, -0.05) is 11.6 Å². The van der Waals surface area contributed by atoms with Gasteiger partial charge in [0.15, 0.2) is 0 Å². The fraction of sp³-hybridized carbons (Fsp3) is 0.500. The van der Waals surface area contributed by atoms with E-state index in [4.69, 9.17) is 26.8 Å². The number of halogens is 1. The van der Waals surface area contributed by atoms with Crippen LogP contribution in [-0.2, 0) is 4.74 Å². The summed E-state index contributed by atoms with van der Waals surface area (Å²) in [5.74, 6) is 0.498. The van der Waals surface area contributed by atoms with Crippen LogP contribution in [0.3, 0.4) is 0 Å². The monoisotopic (exact) mass is 217 g/mol. The van der Waals surface area contributed by atoms with E-state index in [0.29, 0.717) is 19.1 Å². The molecule has 0 spiro atoms. The second-order valence-electron chi connectivity index (χ2n) is 2.58. The topological polar surface area (TPSA) is 70.3 Å². The first-order chi connectivity index (χ1) is 6.72. The minimum absolute atomic E-state index is 0.110. The fourth-order valence-corrected chi connectivity index (χ4v) is 1.05. The van der Waals surface area contributed by atoms with Crippen molar-refractivity contribution < 1.29 is 9.47 Å². The number of hydrogen-bond donors (Lipinski definition) is 1. The van der Waals surface area contributed by atoms with Gasteiger partial charge in [-0.15, -0.1) is 0 Å². The van der Waals surface area contributed by atoms with E-state index in [1.54, 1.807) is 7.11 Å². The maximum Gasteiger partial charge on any atom is 0.224 e. The highest BCUT2D eigenvalue weighted by atomic mass is 35.5. The highest BCUT2D eigenvalue weighted by Gasteiger charge is 2.00. The highest BCUT2D eigenvalue weighted by Crippen LogP contribution is 2.14. The number of nitrogen functional groups attached to an aromatic ring is 1. The summed E-state index contributed by atoms with van der Waals surface area (Å²) in [5, 5.41) is 0.277. The average Bonchev–Trinajstić information content (AvgIpc) is 2.11. The van der Waals surface area contributed by atoms with Crippen LogP contribution in [-0.4, -0.2) is 30.3 Å². The molecular formula is C8H12ClN3O2. The third-order valence-electron chi connectivity index (χ3n) is 1.43. The molecule has 6 heteroatoms. The highest BCUT2D eigenvalue weighted by molar-refractivity contribution is 6.29. The van der Waals surface area contributed by atoms with E-state index >= 15 is 0 Å². The van der Waals surface area contributed by atoms with Crippen molar-refractivity contribution in [1.82, 2.24) is 9.97 Å². The van der Waals surface area contributed by atoms with Crippen molar-refractivity contribution in [2.75, 3.05) is 26.1 Å². The van der Waals surface area contributed by atoms with Crippen LogP contribution in [0.4, 0.5) is 5.95 Å². The molecule has 1 aromatic rings. The number of hydrogen-bond acceptors (Lipinski definition) is 5. The normalized spacial score (nSPS) is 10.1. The molecule has 0 fully saturated rings. The molecule has 0 saturated carbocycles. The van der Waals surface area contributed by atoms with E-state index in [9.17, 15) is 0 Å². The van der Waals surface area contributed by atoms with Crippen LogP contribution in [0.1, 0.15) is 6.42 Å². The summed E-state index contributed by atoms with van der Waals surface area (Å²) in [5.41, 5.74) is 5.38. The number of rotatable bonds is 5. The largest absolute Gasteiger partial charge is 0.477 e. The number of nitrogens with zero attached hydrogens (tertiary/aromatic N) is 2. The molecule has 0 saturated heterocycles. The van der Waals surface area contributed by atoms with Crippen LogP contribution in [0.15, 0.2) is 6.07 Å². The second kappa shape index (κ2) is 5.62. The van der Waals surface area contributed by atoms with Crippen LogP contribution in [0, 0.1) is 0 Å². The summed E-state index contributed by atoms with van der Waals surface area (Å²) in [6, 6.07) is 1.52. The Bertz CT molecular complexity index is 276. The summed E-state index contributed by atoms with van der Waals surface area (Å²) in [6.07, 6.45) is 0.790. The van der Waals surface area contributed by atoms with Crippen molar-refractivity contribution in [3.05, 3.63) is 11.2 Å². The summed E-state index contributed by atoms with van der Waals surface area (Å²) < 4.78 is 10.1. The molecule has 5 nitrogen and oxygen atoms in total. The molecule has 0 bridgehead atoms. The molecular weight excluding hydrogens is 206 g/mol. The van der Waals surface area contributed by atoms with Crippen LogP contribution < -0.4 is 10.5 Å². The average molecular weight is 218 g/mol. The zero-order valence-corrected chi connectivity index (χ0v) is 8.62. The van der Waals surface area contributed by atoms with E-state index in [1.165, 1.54) is 6.07 Å². The third kappa shape index (κ3) is 3.76. The van der Waals surface area contributed by atoms with Crippen molar-refractivity contribution in [1.29, 1.82) is 0 Å². The predicted octanol–water partition coefficient (Wildman–Crippen LogP) is 1.13. The molecule has 1 heterocycles. The van der Waals surface area contributed by atoms with Crippen LogP contribution in [0.5, 0.6) is 5.88 Å². The Morgan fingerprint density at radius 2 is 2.21 bits per heavy atom. The first kappa shape index (κ1) is 11.0. The maximum absolute atomic E-state index is 5.65. The number of nitrogens with two attached hydrogens (primary N) is 1. The van der Waals surface area contributed by atoms with E-state index in [0.717, 1.165) is 6.42 Å². The SMILES string of the molecule is COCCCOc1cc(Cl)nc(N)n1. The van der Waals surface area contributed by atoms with E-state index < -0.39 is 0 Å². The minimum atomic E-state index is 0.110. The van der Waals surface area contributed by atoms with Crippen molar-refractivity contribution in [2.24, 2.45) is 0 Å². The van der Waals surface area contributed by atoms with Crippen LogP contribution in [0.2, 0.25) is 5.15 Å². The summed E-state index contributed by atoms with van der Waals surface area (Å²) >= 11 is 5.65. The van der Waals surface area contributed by atoms with Crippen LogP contribution >= 0.6 is 11.6 Å². The molecule has 14 heavy (non-hydrogen) atoms. The zero-order chi connectivity index (χ0) is 10.4. The molecule has 0 unspecified atom stereocenters. The van der Waals surface area contributed by atoms with E-state index in [1.807, 2.05) is 0 Å². The zero-order valence-electron chi connectivity index (χ0n) is 7.86. The number of methoxy groups -OCH3 is 1. The maximum atomic E-state index is 5.65. The Labute approximate surface area is 87.2 Å². The molecule has 0 aliphatic rings. The van der Waals surface area contributed by atoms with Gasteiger partial charge in [-0.25, -0.2) is 4.98 Å². The Morgan fingerprint density at radius 3 is 2.86 bits per heavy atom. The summed E-state index contributed by atoms with van der Waals surface area (Å²) in [6.45, 7) is 1.16. The molecule has 0 aromatic carbocycles. The second-order valence-corrected chi connectivity index (χ2v) is 2.97. The van der Waals surface area contributed by atoms with Crippen LogP contribution in [0.25, 0.3) is 0 Å². The van der Waals surface area contributed by atoms with Crippen molar-refractivity contribution in [3.63, 3.8) is 0 Å². The Balaban J connectivity index is 2.42. The Kier molecular flexibility index (Phi) is 4.42. The van der Waals surface area contributed by atoms with E-state index in [2.05, 4.69) is 9.97 Å². The summed E-state index contributed by atoms with van der Waals surface area (Å²) in [7, 11) is 1.64. The van der Waals surface area contributed by atoms with Crippen molar-refractivity contribution in [3.8, 4) is 5.88 Å². The minimum Gasteiger partial charge on any atom is -0.477 e. The fourth-order valence-electron chi connectivity index (χ4n) is 0.868. The van der Waals surface area contributed by atoms with Crippen molar-refractivity contribution >= 4 is 17.5 Å². The Hall–Kier alpha value is -1.07. The first-order valence-corrected chi connectivity index (χ1v) is 4.52. The smallest absolute Gasteiger partial charge is 0.224 e. The standard InChI is InChI=1S/C8H12ClN3O2/c1-13-3-2-4-14-7-5-6(9)11-8(10)12-7/h5H,2-4H2,1H3,(H2,10,11,12). The Morgan fingerprint density at radius 1 is 1.43 bits per heavy atom. The molecule has 0 atom stereocenters. The summed E-state index contributed by atoms with van der Waals surface area (Å²) in [4.78, 5) is 7.56. The van der Waals surface area contributed by atoms with Gasteiger partial charge < -0.3 is 15.2 Å². The van der Waals surface area contributed by atoms with Gasteiger partial charge in [-0.3, -0.25) is 0 Å². The number of anilines is 1. The third-order valence-corrected chi connectivity index (χ3v) is 1.63. The van der Waals surface area contributed by atoms with Gasteiger partial charge in [-0.05, 0) is 0 Å². The molecule has 0 aliphatic heterocycles. The quantitative estimate of drug-likeness (QED) is 0.591. The number of aromatic nitrogens is 2. The predicted molar refractivity (Wildman–Crippen MR) is 53.4 cm³/mol. The lowest BCUT2D eigenvalue weighted by molar-refractivity contribution is 0.170. The van der Waals surface area contributed by atoms with Gasteiger partial charge in [0.25, 0.3) is 0 Å². The molecule has 1 aromatic heterocycles. The molecule has 2 N–H and O–H groups in total. The molecule has 1 rings (SSSR count). The molecule has 0 aliphatic carbocycles. The van der Waals surface area contributed by atoms with Gasteiger partial charge in [0, 0.05) is 26.2 Å². The van der Waals surface area contributed by atoms with Gasteiger partial charge in [0.05, 0.1) is 6.61 Å². The number of ether oxygens (including phenoxy) is 2. The molecule has 0 radical (unpaired) electrons. The van der Waals surface area contributed by atoms with Crippen molar-refractivity contribution in [2.45, 2.75) is 6.42 Å². The van der Waals surface area contributed by atoms with Gasteiger partial charge in [-0.2, -0.15) is 4.98 Å². The van der Waals surface area contributed by atoms with E-state index in [-0.39, 0.29) is 11.1 Å². The molecule has 0 amide bonds. The molecule has 78 valence electrons. The van der Waals surface area contributed by atoms with Gasteiger partial charge in [0.2, 0.25) is 11.8 Å². The lowest BCUT2D eigenvalue weighted by Gasteiger charge is -2.05. The first-order valence-electron chi connectivity index (χ1n) is 4.14. The lowest BCUT2D eigenvalue weighted by Crippen LogP contribution is -2.04. The van der Waals surface area contributed by atoms with Gasteiger partial charge in [0.1, 0.15) is 5.15 Å². The lowest BCUT2D eigenvalue weighted by atomic mass is 10.5. The van der Waals surface area contributed by atoms with Gasteiger partial charge >= 0.3 is 0 Å².